The zero-order chi connectivity index (χ0) is 19.5. The topological polar surface area (TPSA) is 100 Å². The summed E-state index contributed by atoms with van der Waals surface area (Å²) in [5, 5.41) is 30.6. The lowest BCUT2D eigenvalue weighted by molar-refractivity contribution is -0.0322. The highest BCUT2D eigenvalue weighted by molar-refractivity contribution is 5.88. The molecule has 140 valence electrons. The van der Waals surface area contributed by atoms with Crippen LogP contribution in [0, 0.1) is 0 Å². The van der Waals surface area contributed by atoms with Crippen molar-refractivity contribution in [2.75, 3.05) is 0 Å². The number of rotatable bonds is 2. The lowest BCUT2D eigenvalue weighted by Gasteiger charge is -2.28. The number of aliphatic hydroxyl groups is 1. The van der Waals surface area contributed by atoms with E-state index in [1.54, 1.807) is 32.0 Å². The van der Waals surface area contributed by atoms with Crippen LogP contribution >= 0.6 is 0 Å². The molecule has 4 rings (SSSR count). The van der Waals surface area contributed by atoms with E-state index in [1.807, 2.05) is 6.92 Å². The first-order chi connectivity index (χ1) is 12.7. The van der Waals surface area contributed by atoms with E-state index in [9.17, 15) is 20.1 Å². The number of phenols is 2. The van der Waals surface area contributed by atoms with Gasteiger partial charge in [-0.2, -0.15) is 0 Å². The van der Waals surface area contributed by atoms with E-state index in [0.29, 0.717) is 22.6 Å². The van der Waals surface area contributed by atoms with Crippen LogP contribution in [0.4, 0.5) is 0 Å². The molecule has 3 N–H and O–H groups in total. The quantitative estimate of drug-likeness (QED) is 0.640. The lowest BCUT2D eigenvalue weighted by atomic mass is 9.87. The highest BCUT2D eigenvalue weighted by Gasteiger charge is 2.43. The summed E-state index contributed by atoms with van der Waals surface area (Å²) in [6.45, 7) is 5.12. The zero-order valence-electron chi connectivity index (χ0n) is 15.2. The predicted octanol–water partition coefficient (Wildman–Crippen LogP) is 3.51. The maximum Gasteiger partial charge on any atom is 0.197 e. The molecule has 0 radical (unpaired) electrons. The maximum atomic E-state index is 12.7. The van der Waals surface area contributed by atoms with E-state index in [2.05, 4.69) is 0 Å². The summed E-state index contributed by atoms with van der Waals surface area (Å²) in [5.74, 6) is 0.355. The fraction of sp³-hybridized carbons (Fsp3) is 0.286. The van der Waals surface area contributed by atoms with Gasteiger partial charge in [-0.05, 0) is 38.1 Å². The molecule has 2 atom stereocenters. The highest BCUT2D eigenvalue weighted by Crippen LogP contribution is 2.49. The standard InChI is InChI=1S/C21H20O6/c1-10-17-15(27-20(10)21(2,3)25)9-16-18(19(17)24)13(23)8-14(26-16)11-4-6-12(22)7-5-11/h4-10,20,22,24-25H,1-3H3/t10-,20-/m0/s1. The summed E-state index contributed by atoms with van der Waals surface area (Å²) in [5.41, 5.74) is -0.176. The van der Waals surface area contributed by atoms with Crippen LogP contribution < -0.4 is 10.2 Å². The van der Waals surface area contributed by atoms with E-state index in [0.717, 1.165) is 0 Å². The van der Waals surface area contributed by atoms with Crippen molar-refractivity contribution in [3.63, 3.8) is 0 Å². The largest absolute Gasteiger partial charge is 0.508 e. The first kappa shape index (κ1) is 17.4. The summed E-state index contributed by atoms with van der Waals surface area (Å²) >= 11 is 0. The minimum Gasteiger partial charge on any atom is -0.508 e. The molecule has 1 aliphatic heterocycles. The molecule has 0 spiro atoms. The SMILES string of the molecule is C[C@H]1c2c(cc3oc(-c4ccc(O)cc4)cc(=O)c3c2O)O[C@@H]1C(C)(C)O. The number of hydrogen-bond donors (Lipinski definition) is 3. The second-order valence-electron chi connectivity index (χ2n) is 7.51. The van der Waals surface area contributed by atoms with Crippen LogP contribution in [-0.2, 0) is 0 Å². The molecule has 6 nitrogen and oxygen atoms in total. The van der Waals surface area contributed by atoms with Gasteiger partial charge in [0.25, 0.3) is 0 Å². The lowest BCUT2D eigenvalue weighted by Crippen LogP contribution is -2.40. The average molecular weight is 368 g/mol. The fourth-order valence-corrected chi connectivity index (χ4v) is 3.75. The van der Waals surface area contributed by atoms with Crippen LogP contribution in [0.25, 0.3) is 22.3 Å². The van der Waals surface area contributed by atoms with Gasteiger partial charge in [-0.15, -0.1) is 0 Å². The first-order valence-electron chi connectivity index (χ1n) is 8.69. The third kappa shape index (κ3) is 2.73. The van der Waals surface area contributed by atoms with Crippen molar-refractivity contribution in [1.29, 1.82) is 0 Å². The Morgan fingerprint density at radius 3 is 2.37 bits per heavy atom. The van der Waals surface area contributed by atoms with Gasteiger partial charge in [0.2, 0.25) is 0 Å². The Morgan fingerprint density at radius 2 is 1.74 bits per heavy atom. The zero-order valence-corrected chi connectivity index (χ0v) is 15.2. The third-order valence-electron chi connectivity index (χ3n) is 5.01. The van der Waals surface area contributed by atoms with Gasteiger partial charge < -0.3 is 24.5 Å². The van der Waals surface area contributed by atoms with E-state index in [4.69, 9.17) is 9.15 Å². The van der Waals surface area contributed by atoms with Gasteiger partial charge >= 0.3 is 0 Å². The van der Waals surface area contributed by atoms with Crippen LogP contribution in [0.1, 0.15) is 32.3 Å². The Balaban J connectivity index is 1.91. The number of hydrogen-bond acceptors (Lipinski definition) is 6. The van der Waals surface area contributed by atoms with Crippen LogP contribution in [0.5, 0.6) is 17.2 Å². The summed E-state index contributed by atoms with van der Waals surface area (Å²) < 4.78 is 11.7. The number of benzene rings is 2. The average Bonchev–Trinajstić information content (AvgIpc) is 2.92. The van der Waals surface area contributed by atoms with Crippen molar-refractivity contribution in [3.8, 4) is 28.6 Å². The molecular weight excluding hydrogens is 348 g/mol. The number of phenolic OH excluding ortho intramolecular Hbond substituents is 2. The number of aromatic hydroxyl groups is 2. The third-order valence-corrected chi connectivity index (χ3v) is 5.01. The van der Waals surface area contributed by atoms with Crippen LogP contribution in [-0.4, -0.2) is 27.0 Å². The van der Waals surface area contributed by atoms with Gasteiger partial charge in [0.05, 0.1) is 5.60 Å². The van der Waals surface area contributed by atoms with E-state index >= 15 is 0 Å². The van der Waals surface area contributed by atoms with Crippen molar-refractivity contribution in [2.45, 2.75) is 38.4 Å². The molecule has 1 aliphatic rings. The fourth-order valence-electron chi connectivity index (χ4n) is 3.75. The smallest absolute Gasteiger partial charge is 0.197 e. The van der Waals surface area contributed by atoms with Crippen LogP contribution in [0.3, 0.4) is 0 Å². The second-order valence-corrected chi connectivity index (χ2v) is 7.51. The van der Waals surface area contributed by atoms with Gasteiger partial charge in [0.15, 0.2) is 5.43 Å². The van der Waals surface area contributed by atoms with Crippen molar-refractivity contribution in [3.05, 3.63) is 52.2 Å². The molecule has 3 aromatic rings. The molecule has 2 heterocycles. The molecule has 0 unspecified atom stereocenters. The van der Waals surface area contributed by atoms with Crippen molar-refractivity contribution in [1.82, 2.24) is 0 Å². The second kappa shape index (κ2) is 5.76. The Morgan fingerprint density at radius 1 is 1.07 bits per heavy atom. The Hall–Kier alpha value is -2.99. The summed E-state index contributed by atoms with van der Waals surface area (Å²) in [6, 6.07) is 9.16. The van der Waals surface area contributed by atoms with Gasteiger partial charge in [0, 0.05) is 29.2 Å². The molecule has 27 heavy (non-hydrogen) atoms. The Labute approximate surface area is 155 Å². The minimum atomic E-state index is -1.12. The Kier molecular flexibility index (Phi) is 3.71. The highest BCUT2D eigenvalue weighted by atomic mass is 16.5. The molecule has 6 heteroatoms. The number of fused-ring (bicyclic) bond motifs is 2. The van der Waals surface area contributed by atoms with E-state index in [1.165, 1.54) is 18.2 Å². The molecule has 2 aromatic carbocycles. The summed E-state index contributed by atoms with van der Waals surface area (Å²) in [7, 11) is 0. The molecule has 1 aromatic heterocycles. The maximum absolute atomic E-state index is 12.7. The molecule has 0 saturated carbocycles. The van der Waals surface area contributed by atoms with Gasteiger partial charge in [-0.25, -0.2) is 0 Å². The summed E-state index contributed by atoms with van der Waals surface area (Å²) in [6.07, 6.45) is -0.554. The van der Waals surface area contributed by atoms with Gasteiger partial charge in [0.1, 0.15) is 40.1 Å². The molecule has 0 fully saturated rings. The van der Waals surface area contributed by atoms with E-state index in [-0.39, 0.29) is 33.8 Å². The van der Waals surface area contributed by atoms with Gasteiger partial charge in [-0.3, -0.25) is 4.79 Å². The molecule has 0 aliphatic carbocycles. The summed E-state index contributed by atoms with van der Waals surface area (Å²) in [4.78, 5) is 12.7. The van der Waals surface area contributed by atoms with E-state index < -0.39 is 11.7 Å². The minimum absolute atomic E-state index is 0.0862. The number of ether oxygens (including phenoxy) is 1. The molecule has 0 amide bonds. The van der Waals surface area contributed by atoms with Crippen molar-refractivity contribution in [2.24, 2.45) is 0 Å². The predicted molar refractivity (Wildman–Crippen MR) is 100 cm³/mol. The Bertz CT molecular complexity index is 1090. The molecular formula is C21H20O6. The van der Waals surface area contributed by atoms with Gasteiger partial charge in [-0.1, -0.05) is 6.92 Å². The normalized spacial score (nSPS) is 19.1. The molecule has 0 bridgehead atoms. The van der Waals surface area contributed by atoms with Crippen LogP contribution in [0.15, 0.2) is 45.6 Å². The van der Waals surface area contributed by atoms with Crippen molar-refractivity contribution >= 4 is 11.0 Å². The van der Waals surface area contributed by atoms with Crippen LogP contribution in [0.2, 0.25) is 0 Å². The monoisotopic (exact) mass is 368 g/mol. The van der Waals surface area contributed by atoms with Crippen molar-refractivity contribution < 1.29 is 24.5 Å². The molecule has 0 saturated heterocycles. The first-order valence-corrected chi connectivity index (χ1v) is 8.69.